The molecule has 5 heteroatoms. The summed E-state index contributed by atoms with van der Waals surface area (Å²) < 4.78 is 0. The van der Waals surface area contributed by atoms with Crippen LogP contribution in [-0.4, -0.2) is 16.8 Å². The summed E-state index contributed by atoms with van der Waals surface area (Å²) in [6.07, 6.45) is 6.79. The van der Waals surface area contributed by atoms with Crippen LogP contribution in [-0.2, 0) is 9.59 Å². The maximum atomic E-state index is 12.6. The van der Waals surface area contributed by atoms with Crippen molar-refractivity contribution in [3.05, 3.63) is 23.7 Å². The molecule has 0 radical (unpaired) electrons. The van der Waals surface area contributed by atoms with Crippen LogP contribution < -0.4 is 4.90 Å². The van der Waals surface area contributed by atoms with Crippen LogP contribution in [0.3, 0.4) is 0 Å². The van der Waals surface area contributed by atoms with Crippen LogP contribution in [0.4, 0.5) is 5.13 Å². The molecular formula is C13H12N2O2S. The minimum Gasteiger partial charge on any atom is -0.274 e. The summed E-state index contributed by atoms with van der Waals surface area (Å²) in [7, 11) is 0. The Labute approximate surface area is 108 Å². The number of hydrogen-bond acceptors (Lipinski definition) is 4. The summed E-state index contributed by atoms with van der Waals surface area (Å²) in [5, 5.41) is 2.30. The van der Waals surface area contributed by atoms with Crippen LogP contribution in [0.15, 0.2) is 23.7 Å². The summed E-state index contributed by atoms with van der Waals surface area (Å²) in [4.78, 5) is 30.6. The van der Waals surface area contributed by atoms with Gasteiger partial charge in [0.2, 0.25) is 11.8 Å². The van der Waals surface area contributed by atoms with Crippen molar-refractivity contribution in [3.8, 4) is 0 Å². The molecule has 0 aromatic carbocycles. The van der Waals surface area contributed by atoms with E-state index in [1.165, 1.54) is 16.2 Å². The lowest BCUT2D eigenvalue weighted by atomic mass is 9.71. The van der Waals surface area contributed by atoms with Gasteiger partial charge in [0, 0.05) is 11.6 Å². The topological polar surface area (TPSA) is 50.3 Å². The highest BCUT2D eigenvalue weighted by Gasteiger charge is 2.67. The van der Waals surface area contributed by atoms with E-state index in [1.807, 2.05) is 6.92 Å². The molecule has 2 bridgehead atoms. The predicted molar refractivity (Wildman–Crippen MR) is 66.9 cm³/mol. The molecule has 1 aromatic rings. The Morgan fingerprint density at radius 2 is 2.28 bits per heavy atom. The molecule has 4 atom stereocenters. The van der Waals surface area contributed by atoms with Crippen molar-refractivity contribution < 1.29 is 9.59 Å². The number of carbonyl (C=O) groups is 2. The molecule has 4 rings (SSSR count). The molecular weight excluding hydrogens is 248 g/mol. The van der Waals surface area contributed by atoms with Crippen LogP contribution in [0.1, 0.15) is 13.3 Å². The summed E-state index contributed by atoms with van der Waals surface area (Å²) in [6.45, 7) is 1.94. The Balaban J connectivity index is 1.85. The van der Waals surface area contributed by atoms with Gasteiger partial charge in [-0.1, -0.05) is 12.2 Å². The smallest absolute Gasteiger partial charge is 0.242 e. The Hall–Kier alpha value is -1.49. The van der Waals surface area contributed by atoms with Gasteiger partial charge in [0.25, 0.3) is 0 Å². The first kappa shape index (κ1) is 10.4. The molecule has 2 amide bonds. The third-order valence-electron chi connectivity index (χ3n) is 4.72. The Morgan fingerprint density at radius 3 is 2.94 bits per heavy atom. The molecule has 0 N–H and O–H groups in total. The Morgan fingerprint density at radius 1 is 1.44 bits per heavy atom. The molecule has 1 aliphatic heterocycles. The lowest BCUT2D eigenvalue weighted by molar-refractivity contribution is -0.127. The maximum Gasteiger partial charge on any atom is 0.242 e. The molecule has 4 nitrogen and oxygen atoms in total. The largest absolute Gasteiger partial charge is 0.274 e. The van der Waals surface area contributed by atoms with Crippen molar-refractivity contribution in [1.29, 1.82) is 0 Å². The molecule has 2 aliphatic carbocycles. The van der Waals surface area contributed by atoms with Crippen LogP contribution in [0.25, 0.3) is 0 Å². The number of amides is 2. The van der Waals surface area contributed by atoms with Crippen LogP contribution in [0.2, 0.25) is 0 Å². The lowest BCUT2D eigenvalue weighted by Crippen LogP contribution is -2.37. The Bertz CT molecular complexity index is 580. The minimum absolute atomic E-state index is 0.0608. The van der Waals surface area contributed by atoms with Gasteiger partial charge in [0.05, 0.1) is 11.3 Å². The van der Waals surface area contributed by atoms with E-state index in [0.717, 1.165) is 6.42 Å². The second kappa shape index (κ2) is 3.09. The van der Waals surface area contributed by atoms with Crippen molar-refractivity contribution in [2.24, 2.45) is 23.2 Å². The van der Waals surface area contributed by atoms with Crippen molar-refractivity contribution in [2.45, 2.75) is 13.3 Å². The van der Waals surface area contributed by atoms with Crippen LogP contribution in [0, 0.1) is 23.2 Å². The number of carbonyl (C=O) groups excluding carboxylic acids is 2. The highest BCUT2D eigenvalue weighted by atomic mass is 32.1. The highest BCUT2D eigenvalue weighted by molar-refractivity contribution is 7.14. The molecule has 1 saturated carbocycles. The standard InChI is InChI=1S/C13H12N2O2S/c1-13-8-3-2-7(6-8)9(13)10(16)15(11(13)17)12-14-4-5-18-12/h2-5,7-9H,6H2,1H3/t7-,8-,9+,13+/m0/s1. The van der Waals surface area contributed by atoms with Gasteiger partial charge in [-0.15, -0.1) is 11.3 Å². The van der Waals surface area contributed by atoms with E-state index in [1.54, 1.807) is 11.6 Å². The van der Waals surface area contributed by atoms with E-state index in [-0.39, 0.29) is 29.6 Å². The molecule has 2 fully saturated rings. The number of allylic oxidation sites excluding steroid dienone is 2. The molecule has 92 valence electrons. The molecule has 2 heterocycles. The zero-order valence-corrected chi connectivity index (χ0v) is 10.7. The third kappa shape index (κ3) is 0.960. The van der Waals surface area contributed by atoms with Crippen molar-refractivity contribution in [1.82, 2.24) is 4.98 Å². The van der Waals surface area contributed by atoms with Gasteiger partial charge in [-0.25, -0.2) is 9.88 Å². The van der Waals surface area contributed by atoms with E-state index in [2.05, 4.69) is 17.1 Å². The number of aromatic nitrogens is 1. The van der Waals surface area contributed by atoms with Gasteiger partial charge in [0.15, 0.2) is 5.13 Å². The first-order valence-corrected chi connectivity index (χ1v) is 6.98. The van der Waals surface area contributed by atoms with Crippen molar-refractivity contribution >= 4 is 28.3 Å². The number of nitrogens with zero attached hydrogens (tertiary/aromatic N) is 2. The first-order valence-electron chi connectivity index (χ1n) is 6.10. The molecule has 0 spiro atoms. The van der Waals surface area contributed by atoms with Crippen LogP contribution >= 0.6 is 11.3 Å². The maximum absolute atomic E-state index is 12.6. The zero-order valence-electron chi connectivity index (χ0n) is 9.87. The Kier molecular flexibility index (Phi) is 1.79. The minimum atomic E-state index is -0.540. The quantitative estimate of drug-likeness (QED) is 0.572. The molecule has 0 unspecified atom stereocenters. The SMILES string of the molecule is C[C@]12C(=O)N(c3nccs3)C(=O)[C@H]1[C@H]1C=C[C@H]2C1. The fourth-order valence-corrected chi connectivity index (χ4v) is 4.46. The molecule has 1 aromatic heterocycles. The molecule has 3 aliphatic rings. The number of rotatable bonds is 1. The van der Waals surface area contributed by atoms with Gasteiger partial charge in [0.1, 0.15) is 0 Å². The average molecular weight is 260 g/mol. The van der Waals surface area contributed by atoms with E-state index in [4.69, 9.17) is 0 Å². The summed E-state index contributed by atoms with van der Waals surface area (Å²) in [5.41, 5.74) is -0.540. The van der Waals surface area contributed by atoms with Gasteiger partial charge in [-0.3, -0.25) is 9.59 Å². The molecule has 18 heavy (non-hydrogen) atoms. The summed E-state index contributed by atoms with van der Waals surface area (Å²) >= 11 is 1.34. The zero-order chi connectivity index (χ0) is 12.5. The molecule has 1 saturated heterocycles. The number of hydrogen-bond donors (Lipinski definition) is 0. The van der Waals surface area contributed by atoms with E-state index in [0.29, 0.717) is 5.13 Å². The fraction of sp³-hybridized carbons (Fsp3) is 0.462. The second-order valence-electron chi connectivity index (χ2n) is 5.44. The third-order valence-corrected chi connectivity index (χ3v) is 5.48. The first-order chi connectivity index (χ1) is 8.64. The fourth-order valence-electron chi connectivity index (χ4n) is 3.81. The van der Waals surface area contributed by atoms with E-state index < -0.39 is 5.41 Å². The summed E-state index contributed by atoms with van der Waals surface area (Å²) in [6, 6.07) is 0. The number of anilines is 1. The number of thiazole rings is 1. The summed E-state index contributed by atoms with van der Waals surface area (Å²) in [5.74, 6) is 0.151. The lowest BCUT2D eigenvalue weighted by Gasteiger charge is -2.27. The number of fused-ring (bicyclic) bond motifs is 5. The van der Waals surface area contributed by atoms with Gasteiger partial charge in [-0.2, -0.15) is 0 Å². The van der Waals surface area contributed by atoms with Gasteiger partial charge >= 0.3 is 0 Å². The second-order valence-corrected chi connectivity index (χ2v) is 6.32. The van der Waals surface area contributed by atoms with Gasteiger partial charge < -0.3 is 0 Å². The van der Waals surface area contributed by atoms with Crippen molar-refractivity contribution in [3.63, 3.8) is 0 Å². The average Bonchev–Trinajstić information content (AvgIpc) is 3.04. The normalized spacial score (nSPS) is 40.9. The monoisotopic (exact) mass is 260 g/mol. The highest BCUT2D eigenvalue weighted by Crippen LogP contribution is 2.60. The predicted octanol–water partition coefficient (Wildman–Crippen LogP) is 1.84. The van der Waals surface area contributed by atoms with Gasteiger partial charge in [-0.05, 0) is 25.2 Å². The van der Waals surface area contributed by atoms with Crippen molar-refractivity contribution in [2.75, 3.05) is 4.90 Å². The van der Waals surface area contributed by atoms with E-state index in [9.17, 15) is 9.59 Å². The number of imide groups is 1. The van der Waals surface area contributed by atoms with E-state index >= 15 is 0 Å². The van der Waals surface area contributed by atoms with Crippen LogP contribution in [0.5, 0.6) is 0 Å².